The van der Waals surface area contributed by atoms with E-state index in [-0.39, 0.29) is 0 Å². The predicted molar refractivity (Wildman–Crippen MR) is 61.0 cm³/mol. The molecular weight excluding hydrogens is 227 g/mol. The monoisotopic (exact) mass is 241 g/mol. The molecular formula is C13H14F3N. The van der Waals surface area contributed by atoms with Gasteiger partial charge < -0.3 is 5.32 Å². The number of nitrogens with one attached hydrogen (secondary N) is 1. The highest BCUT2D eigenvalue weighted by Crippen LogP contribution is 2.19. The second-order valence-electron chi connectivity index (χ2n) is 4.44. The van der Waals surface area contributed by atoms with Crippen molar-refractivity contribution < 1.29 is 13.2 Å². The van der Waals surface area contributed by atoms with Crippen molar-refractivity contribution in [1.82, 2.24) is 5.32 Å². The summed E-state index contributed by atoms with van der Waals surface area (Å²) in [4.78, 5) is 0. The van der Waals surface area contributed by atoms with Gasteiger partial charge in [-0.05, 0) is 37.5 Å². The lowest BCUT2D eigenvalue weighted by molar-refractivity contribution is 0.447. The van der Waals surface area contributed by atoms with Crippen LogP contribution in [0.25, 0.3) is 6.08 Å². The molecule has 1 N–H and O–H groups in total. The van der Waals surface area contributed by atoms with Crippen molar-refractivity contribution in [2.45, 2.75) is 25.8 Å². The number of rotatable bonds is 4. The van der Waals surface area contributed by atoms with Gasteiger partial charge in [0.05, 0.1) is 0 Å². The highest BCUT2D eigenvalue weighted by Gasteiger charge is 2.19. The van der Waals surface area contributed by atoms with Crippen LogP contribution in [0.4, 0.5) is 13.2 Å². The van der Waals surface area contributed by atoms with Gasteiger partial charge in [0, 0.05) is 12.6 Å². The Bertz CT molecular complexity index is 427. The average molecular weight is 241 g/mol. The lowest BCUT2D eigenvalue weighted by atomic mass is 10.1. The third-order valence-corrected chi connectivity index (χ3v) is 2.67. The van der Waals surface area contributed by atoms with Crippen LogP contribution in [0, 0.1) is 17.5 Å². The first-order valence-corrected chi connectivity index (χ1v) is 5.61. The highest BCUT2D eigenvalue weighted by atomic mass is 19.2. The van der Waals surface area contributed by atoms with Crippen LogP contribution in [-0.2, 0) is 0 Å². The van der Waals surface area contributed by atoms with Gasteiger partial charge in [-0.2, -0.15) is 0 Å². The first-order valence-electron chi connectivity index (χ1n) is 5.61. The molecule has 0 aromatic heterocycles. The fraction of sp³-hybridized carbons (Fsp3) is 0.385. The average Bonchev–Trinajstić information content (AvgIpc) is 3.07. The van der Waals surface area contributed by atoms with E-state index in [2.05, 4.69) is 5.32 Å². The molecule has 0 saturated heterocycles. The number of benzene rings is 1. The lowest BCUT2D eigenvalue weighted by Crippen LogP contribution is -2.18. The standard InChI is InChI=1S/C13H14F3N/c1-8(7-17-10-2-3-10)4-9-5-11(14)13(16)12(15)6-9/h4-6,10,17H,2-3,7H2,1H3. The molecule has 1 fully saturated rings. The van der Waals surface area contributed by atoms with Crippen LogP contribution in [0.3, 0.4) is 0 Å². The van der Waals surface area contributed by atoms with Gasteiger partial charge in [-0.1, -0.05) is 11.6 Å². The fourth-order valence-corrected chi connectivity index (χ4v) is 1.59. The van der Waals surface area contributed by atoms with Gasteiger partial charge in [0.15, 0.2) is 17.5 Å². The number of hydrogen-bond acceptors (Lipinski definition) is 1. The minimum absolute atomic E-state index is 0.344. The van der Waals surface area contributed by atoms with Crippen molar-refractivity contribution in [3.63, 3.8) is 0 Å². The smallest absolute Gasteiger partial charge is 0.194 e. The molecule has 17 heavy (non-hydrogen) atoms. The molecule has 0 unspecified atom stereocenters. The van der Waals surface area contributed by atoms with Crippen molar-refractivity contribution >= 4 is 6.08 Å². The van der Waals surface area contributed by atoms with E-state index in [0.717, 1.165) is 17.7 Å². The van der Waals surface area contributed by atoms with E-state index in [0.29, 0.717) is 18.2 Å². The summed E-state index contributed by atoms with van der Waals surface area (Å²) in [5.41, 5.74) is 1.30. The molecule has 0 bridgehead atoms. The number of halogens is 3. The predicted octanol–water partition coefficient (Wildman–Crippen LogP) is 3.26. The van der Waals surface area contributed by atoms with Gasteiger partial charge in [-0.15, -0.1) is 0 Å². The van der Waals surface area contributed by atoms with Gasteiger partial charge >= 0.3 is 0 Å². The molecule has 1 aromatic carbocycles. The summed E-state index contributed by atoms with van der Waals surface area (Å²) in [6.45, 7) is 2.56. The maximum Gasteiger partial charge on any atom is 0.194 e. The van der Waals surface area contributed by atoms with E-state index in [9.17, 15) is 13.2 Å². The van der Waals surface area contributed by atoms with Crippen molar-refractivity contribution in [2.75, 3.05) is 6.54 Å². The molecule has 0 spiro atoms. The van der Waals surface area contributed by atoms with E-state index >= 15 is 0 Å². The zero-order valence-electron chi connectivity index (χ0n) is 9.56. The number of hydrogen-bond donors (Lipinski definition) is 1. The Morgan fingerprint density at radius 2 is 1.88 bits per heavy atom. The van der Waals surface area contributed by atoms with Crippen LogP contribution < -0.4 is 5.32 Å². The maximum atomic E-state index is 13.0. The Balaban J connectivity index is 2.07. The van der Waals surface area contributed by atoms with E-state index in [1.54, 1.807) is 6.08 Å². The Morgan fingerprint density at radius 3 is 2.41 bits per heavy atom. The van der Waals surface area contributed by atoms with Crippen molar-refractivity contribution in [3.05, 3.63) is 40.7 Å². The maximum absolute atomic E-state index is 13.0. The van der Waals surface area contributed by atoms with Gasteiger partial charge in [-0.3, -0.25) is 0 Å². The zero-order valence-corrected chi connectivity index (χ0v) is 9.56. The second-order valence-corrected chi connectivity index (χ2v) is 4.44. The first-order chi connectivity index (χ1) is 8.06. The molecule has 0 aliphatic heterocycles. The van der Waals surface area contributed by atoms with E-state index in [1.165, 1.54) is 12.8 Å². The zero-order chi connectivity index (χ0) is 12.4. The van der Waals surface area contributed by atoms with Crippen LogP contribution in [0.5, 0.6) is 0 Å². The molecule has 0 radical (unpaired) electrons. The van der Waals surface area contributed by atoms with E-state index in [1.807, 2.05) is 6.92 Å². The fourth-order valence-electron chi connectivity index (χ4n) is 1.59. The van der Waals surface area contributed by atoms with Crippen LogP contribution >= 0.6 is 0 Å². The minimum atomic E-state index is -1.42. The topological polar surface area (TPSA) is 12.0 Å². The van der Waals surface area contributed by atoms with Gasteiger partial charge in [0.1, 0.15) is 0 Å². The summed E-state index contributed by atoms with van der Waals surface area (Å²) in [7, 11) is 0. The summed E-state index contributed by atoms with van der Waals surface area (Å²) < 4.78 is 38.6. The quantitative estimate of drug-likeness (QED) is 0.798. The van der Waals surface area contributed by atoms with Gasteiger partial charge in [-0.25, -0.2) is 13.2 Å². The molecule has 1 nitrogen and oxygen atoms in total. The van der Waals surface area contributed by atoms with Crippen molar-refractivity contribution in [3.8, 4) is 0 Å². The molecule has 92 valence electrons. The van der Waals surface area contributed by atoms with Gasteiger partial charge in [0.25, 0.3) is 0 Å². The Labute approximate surface area is 98.3 Å². The van der Waals surface area contributed by atoms with Crippen molar-refractivity contribution in [1.29, 1.82) is 0 Å². The molecule has 1 aromatic rings. The van der Waals surface area contributed by atoms with E-state index < -0.39 is 17.5 Å². The normalized spacial score (nSPS) is 16.4. The minimum Gasteiger partial charge on any atom is -0.310 e. The molecule has 1 aliphatic carbocycles. The first kappa shape index (κ1) is 12.2. The Kier molecular flexibility index (Phi) is 3.52. The SMILES string of the molecule is CC(=Cc1cc(F)c(F)c(F)c1)CNC1CC1. The molecule has 2 rings (SSSR count). The highest BCUT2D eigenvalue weighted by molar-refractivity contribution is 5.53. The van der Waals surface area contributed by atoms with Crippen molar-refractivity contribution in [2.24, 2.45) is 0 Å². The lowest BCUT2D eigenvalue weighted by Gasteiger charge is -2.04. The summed E-state index contributed by atoms with van der Waals surface area (Å²) in [6.07, 6.45) is 4.03. The third kappa shape index (κ3) is 3.33. The van der Waals surface area contributed by atoms with E-state index in [4.69, 9.17) is 0 Å². The molecule has 1 saturated carbocycles. The van der Waals surface area contributed by atoms with Crippen LogP contribution in [0.1, 0.15) is 25.3 Å². The van der Waals surface area contributed by atoms with Crippen LogP contribution in [0.15, 0.2) is 17.7 Å². The summed E-state index contributed by atoms with van der Waals surface area (Å²) >= 11 is 0. The molecule has 1 aliphatic rings. The molecule has 0 amide bonds. The Hall–Kier alpha value is -1.29. The molecule has 4 heteroatoms. The van der Waals surface area contributed by atoms with Gasteiger partial charge in [0.2, 0.25) is 0 Å². The third-order valence-electron chi connectivity index (χ3n) is 2.67. The van der Waals surface area contributed by atoms with Crippen LogP contribution in [0.2, 0.25) is 0 Å². The Morgan fingerprint density at radius 1 is 1.29 bits per heavy atom. The second kappa shape index (κ2) is 4.92. The molecule has 0 heterocycles. The summed E-state index contributed by atoms with van der Waals surface area (Å²) in [5, 5.41) is 3.29. The summed E-state index contributed by atoms with van der Waals surface area (Å²) in [5.74, 6) is -3.73. The summed E-state index contributed by atoms with van der Waals surface area (Å²) in [6, 6.07) is 2.58. The largest absolute Gasteiger partial charge is 0.310 e. The van der Waals surface area contributed by atoms with Crippen LogP contribution in [-0.4, -0.2) is 12.6 Å². The molecule has 0 atom stereocenters.